The second-order valence-electron chi connectivity index (χ2n) is 4.64. The van der Waals surface area contributed by atoms with Crippen molar-refractivity contribution in [1.29, 1.82) is 0 Å². The van der Waals surface area contributed by atoms with Crippen molar-refractivity contribution in [3.63, 3.8) is 0 Å². The first-order chi connectivity index (χ1) is 8.10. The van der Waals surface area contributed by atoms with E-state index in [9.17, 15) is 14.3 Å². The van der Waals surface area contributed by atoms with Gasteiger partial charge in [0, 0.05) is 24.3 Å². The average Bonchev–Trinajstić information content (AvgIpc) is 2.32. The van der Waals surface area contributed by atoms with Crippen LogP contribution in [0.5, 0.6) is 0 Å². The van der Waals surface area contributed by atoms with E-state index in [-0.39, 0.29) is 12.0 Å². The highest BCUT2D eigenvalue weighted by molar-refractivity contribution is 5.77. The van der Waals surface area contributed by atoms with Gasteiger partial charge < -0.3 is 10.0 Å². The van der Waals surface area contributed by atoms with Crippen LogP contribution < -0.4 is 4.90 Å². The van der Waals surface area contributed by atoms with Gasteiger partial charge in [-0.1, -0.05) is 6.92 Å². The summed E-state index contributed by atoms with van der Waals surface area (Å²) in [6.45, 7) is 3.34. The van der Waals surface area contributed by atoms with Gasteiger partial charge in [-0.05, 0) is 30.5 Å². The predicted molar refractivity (Wildman–Crippen MR) is 63.8 cm³/mol. The molecule has 1 aliphatic heterocycles. The van der Waals surface area contributed by atoms with Crippen LogP contribution in [0.4, 0.5) is 10.1 Å². The standard InChI is InChI=1S/C13H16FNO2/c1-9-7-15(3-2-13(9)17)12-5-10(8-16)4-11(14)6-12/h4-6,8-9,13,17H,2-3,7H2,1H3. The Balaban J connectivity index is 2.22. The summed E-state index contributed by atoms with van der Waals surface area (Å²) in [6, 6.07) is 4.33. The Morgan fingerprint density at radius 1 is 1.47 bits per heavy atom. The lowest BCUT2D eigenvalue weighted by atomic mass is 9.96. The van der Waals surface area contributed by atoms with Crippen molar-refractivity contribution in [3.8, 4) is 0 Å². The Bertz CT molecular complexity index is 422. The average molecular weight is 237 g/mol. The Morgan fingerprint density at radius 2 is 2.24 bits per heavy atom. The molecule has 4 heteroatoms. The first-order valence-electron chi connectivity index (χ1n) is 5.79. The molecule has 92 valence electrons. The van der Waals surface area contributed by atoms with Gasteiger partial charge >= 0.3 is 0 Å². The van der Waals surface area contributed by atoms with Crippen LogP contribution in [0.25, 0.3) is 0 Å². The van der Waals surface area contributed by atoms with E-state index in [0.29, 0.717) is 37.0 Å². The molecule has 1 N–H and O–H groups in total. The van der Waals surface area contributed by atoms with E-state index in [1.807, 2.05) is 11.8 Å². The van der Waals surface area contributed by atoms with Crippen LogP contribution in [-0.2, 0) is 0 Å². The molecule has 2 atom stereocenters. The molecule has 0 amide bonds. The number of aliphatic hydroxyl groups is 1. The van der Waals surface area contributed by atoms with E-state index in [2.05, 4.69) is 0 Å². The number of aliphatic hydroxyl groups excluding tert-OH is 1. The number of rotatable bonds is 2. The zero-order valence-electron chi connectivity index (χ0n) is 9.77. The number of carbonyl (C=O) groups is 1. The Hall–Kier alpha value is -1.42. The fourth-order valence-electron chi connectivity index (χ4n) is 2.21. The lowest BCUT2D eigenvalue weighted by Gasteiger charge is -2.36. The van der Waals surface area contributed by atoms with Crippen molar-refractivity contribution < 1.29 is 14.3 Å². The first-order valence-corrected chi connectivity index (χ1v) is 5.79. The number of hydrogen-bond acceptors (Lipinski definition) is 3. The van der Waals surface area contributed by atoms with Crippen LogP contribution >= 0.6 is 0 Å². The number of halogens is 1. The Kier molecular flexibility index (Phi) is 3.43. The van der Waals surface area contributed by atoms with Crippen molar-refractivity contribution in [2.45, 2.75) is 19.4 Å². The summed E-state index contributed by atoms with van der Waals surface area (Å²) in [5.41, 5.74) is 1.06. The minimum atomic E-state index is -0.400. The number of piperidine rings is 1. The van der Waals surface area contributed by atoms with Crippen LogP contribution in [0, 0.1) is 11.7 Å². The number of nitrogens with zero attached hydrogens (tertiary/aromatic N) is 1. The molecule has 0 bridgehead atoms. The molecule has 1 aromatic rings. The fraction of sp³-hybridized carbons (Fsp3) is 0.462. The number of hydrogen-bond donors (Lipinski definition) is 1. The topological polar surface area (TPSA) is 40.5 Å². The number of aldehydes is 1. The first kappa shape index (κ1) is 12.0. The van der Waals surface area contributed by atoms with Crippen LogP contribution in [0.3, 0.4) is 0 Å². The smallest absolute Gasteiger partial charge is 0.150 e. The molecule has 0 saturated carbocycles. The maximum atomic E-state index is 13.3. The van der Waals surface area contributed by atoms with E-state index in [1.54, 1.807) is 6.07 Å². The van der Waals surface area contributed by atoms with Gasteiger partial charge in [0.2, 0.25) is 0 Å². The summed E-state index contributed by atoms with van der Waals surface area (Å²) in [6.07, 6.45) is 1.04. The minimum absolute atomic E-state index is 0.159. The van der Waals surface area contributed by atoms with Crippen LogP contribution in [-0.4, -0.2) is 30.6 Å². The van der Waals surface area contributed by atoms with Gasteiger partial charge in [-0.3, -0.25) is 4.79 Å². The molecule has 2 unspecified atom stereocenters. The molecule has 1 saturated heterocycles. The van der Waals surface area contributed by atoms with Crippen molar-refractivity contribution in [3.05, 3.63) is 29.6 Å². The molecule has 3 nitrogen and oxygen atoms in total. The van der Waals surface area contributed by atoms with E-state index in [0.717, 1.165) is 0 Å². The SMILES string of the molecule is CC1CN(c2cc(F)cc(C=O)c2)CCC1O. The molecule has 0 aromatic heterocycles. The normalized spacial score (nSPS) is 24.8. The van der Waals surface area contributed by atoms with Crippen molar-refractivity contribution in [2.24, 2.45) is 5.92 Å². The number of carbonyl (C=O) groups excluding carboxylic acids is 1. The largest absolute Gasteiger partial charge is 0.393 e. The van der Waals surface area contributed by atoms with E-state index < -0.39 is 5.82 Å². The second-order valence-corrected chi connectivity index (χ2v) is 4.64. The Labute approximate surface area is 99.9 Å². The third kappa shape index (κ3) is 2.64. The zero-order valence-corrected chi connectivity index (χ0v) is 9.77. The zero-order chi connectivity index (χ0) is 12.4. The highest BCUT2D eigenvalue weighted by Crippen LogP contribution is 2.24. The Morgan fingerprint density at radius 3 is 2.88 bits per heavy atom. The van der Waals surface area contributed by atoms with E-state index in [4.69, 9.17) is 0 Å². The van der Waals surface area contributed by atoms with Crippen molar-refractivity contribution >= 4 is 12.0 Å². The van der Waals surface area contributed by atoms with Gasteiger partial charge in [0.15, 0.2) is 0 Å². The summed E-state index contributed by atoms with van der Waals surface area (Å²) in [5, 5.41) is 9.64. The molecule has 1 fully saturated rings. The fourth-order valence-corrected chi connectivity index (χ4v) is 2.21. The predicted octanol–water partition coefficient (Wildman–Crippen LogP) is 1.85. The second kappa shape index (κ2) is 4.84. The maximum Gasteiger partial charge on any atom is 0.150 e. The molecule has 0 spiro atoms. The molecular formula is C13H16FNO2. The maximum absolute atomic E-state index is 13.3. The van der Waals surface area contributed by atoms with Gasteiger partial charge in [0.1, 0.15) is 12.1 Å². The van der Waals surface area contributed by atoms with Gasteiger partial charge in [0.25, 0.3) is 0 Å². The third-order valence-corrected chi connectivity index (χ3v) is 3.27. The highest BCUT2D eigenvalue weighted by atomic mass is 19.1. The van der Waals surface area contributed by atoms with Gasteiger partial charge in [-0.15, -0.1) is 0 Å². The van der Waals surface area contributed by atoms with E-state index in [1.165, 1.54) is 12.1 Å². The summed E-state index contributed by atoms with van der Waals surface area (Å²) >= 11 is 0. The van der Waals surface area contributed by atoms with Crippen molar-refractivity contribution in [1.82, 2.24) is 0 Å². The minimum Gasteiger partial charge on any atom is -0.393 e. The molecule has 1 aromatic carbocycles. The summed E-state index contributed by atoms with van der Waals surface area (Å²) < 4.78 is 13.3. The van der Waals surface area contributed by atoms with Crippen molar-refractivity contribution in [2.75, 3.05) is 18.0 Å². The van der Waals surface area contributed by atoms with Gasteiger partial charge in [-0.2, -0.15) is 0 Å². The molecule has 17 heavy (non-hydrogen) atoms. The molecule has 1 heterocycles. The summed E-state index contributed by atoms with van der Waals surface area (Å²) in [4.78, 5) is 12.7. The van der Waals surface area contributed by atoms with Crippen LogP contribution in [0.1, 0.15) is 23.7 Å². The molecule has 0 radical (unpaired) electrons. The quantitative estimate of drug-likeness (QED) is 0.798. The third-order valence-electron chi connectivity index (χ3n) is 3.27. The highest BCUT2D eigenvalue weighted by Gasteiger charge is 2.24. The van der Waals surface area contributed by atoms with Crippen LogP contribution in [0.15, 0.2) is 18.2 Å². The van der Waals surface area contributed by atoms with Gasteiger partial charge in [0.05, 0.1) is 6.10 Å². The lowest BCUT2D eigenvalue weighted by Crippen LogP contribution is -2.42. The summed E-state index contributed by atoms with van der Waals surface area (Å²) in [7, 11) is 0. The number of anilines is 1. The monoisotopic (exact) mass is 237 g/mol. The van der Waals surface area contributed by atoms with Crippen LogP contribution in [0.2, 0.25) is 0 Å². The van der Waals surface area contributed by atoms with Gasteiger partial charge in [-0.25, -0.2) is 4.39 Å². The summed E-state index contributed by atoms with van der Waals surface area (Å²) in [5.74, 6) is -0.241. The molecule has 2 rings (SSSR count). The number of benzene rings is 1. The van der Waals surface area contributed by atoms with E-state index >= 15 is 0 Å². The molecular weight excluding hydrogens is 221 g/mol. The lowest BCUT2D eigenvalue weighted by molar-refractivity contribution is 0.0970. The molecule has 1 aliphatic rings. The molecule has 0 aliphatic carbocycles.